The molecule has 2 rings (SSSR count). The predicted molar refractivity (Wildman–Crippen MR) is 71.6 cm³/mol. The molecular formula is C12H13N5O2. The average molecular weight is 259 g/mol. The maximum Gasteiger partial charge on any atom is 0.311 e. The lowest BCUT2D eigenvalue weighted by Crippen LogP contribution is -2.07. The minimum Gasteiger partial charge on any atom is -0.384 e. The Morgan fingerprint density at radius 2 is 2.21 bits per heavy atom. The van der Waals surface area contributed by atoms with Gasteiger partial charge in [-0.1, -0.05) is 0 Å². The van der Waals surface area contributed by atoms with Gasteiger partial charge in [0.15, 0.2) is 0 Å². The fourth-order valence-electron chi connectivity index (χ4n) is 1.62. The lowest BCUT2D eigenvalue weighted by Gasteiger charge is -2.08. The standard InChI is InChI=1S/C12H13N5O2/c1-8-6-14-5-4-9(8)7-15-12-10(17(18)19)2-3-11(13)16-12/h2-6H,7H2,1H3,(H3,13,15,16). The molecule has 0 aromatic carbocycles. The van der Waals surface area contributed by atoms with Gasteiger partial charge in [-0.15, -0.1) is 0 Å². The molecule has 0 aliphatic heterocycles. The highest BCUT2D eigenvalue weighted by Gasteiger charge is 2.15. The van der Waals surface area contributed by atoms with E-state index in [2.05, 4.69) is 15.3 Å². The number of nitrogens with two attached hydrogens (primary N) is 1. The van der Waals surface area contributed by atoms with Gasteiger partial charge < -0.3 is 11.1 Å². The predicted octanol–water partition coefficient (Wildman–Crippen LogP) is 1.89. The van der Waals surface area contributed by atoms with Gasteiger partial charge in [-0.2, -0.15) is 0 Å². The van der Waals surface area contributed by atoms with Crippen molar-refractivity contribution in [3.63, 3.8) is 0 Å². The Hall–Kier alpha value is -2.70. The zero-order valence-electron chi connectivity index (χ0n) is 10.3. The molecule has 0 saturated carbocycles. The highest BCUT2D eigenvalue weighted by atomic mass is 16.6. The van der Waals surface area contributed by atoms with Crippen LogP contribution >= 0.6 is 0 Å². The van der Waals surface area contributed by atoms with Crippen LogP contribution in [0.5, 0.6) is 0 Å². The first kappa shape index (κ1) is 12.7. The van der Waals surface area contributed by atoms with E-state index in [1.807, 2.05) is 13.0 Å². The largest absolute Gasteiger partial charge is 0.384 e. The molecule has 0 saturated heterocycles. The van der Waals surface area contributed by atoms with E-state index in [4.69, 9.17) is 5.73 Å². The Morgan fingerprint density at radius 1 is 1.42 bits per heavy atom. The van der Waals surface area contributed by atoms with E-state index in [0.29, 0.717) is 6.54 Å². The minimum absolute atomic E-state index is 0.0964. The molecular weight excluding hydrogens is 246 g/mol. The second-order valence-electron chi connectivity index (χ2n) is 4.02. The molecule has 0 amide bonds. The molecule has 7 heteroatoms. The molecule has 0 aliphatic rings. The second-order valence-corrected chi connectivity index (χ2v) is 4.02. The van der Waals surface area contributed by atoms with Crippen LogP contribution in [0.4, 0.5) is 17.3 Å². The molecule has 2 aromatic rings. The number of aryl methyl sites for hydroxylation is 1. The van der Waals surface area contributed by atoms with E-state index < -0.39 is 4.92 Å². The molecule has 7 nitrogen and oxygen atoms in total. The molecule has 19 heavy (non-hydrogen) atoms. The zero-order chi connectivity index (χ0) is 13.8. The highest BCUT2D eigenvalue weighted by molar-refractivity contribution is 5.59. The molecule has 2 heterocycles. The van der Waals surface area contributed by atoms with E-state index in [9.17, 15) is 10.1 Å². The van der Waals surface area contributed by atoms with Crippen molar-refractivity contribution in [3.8, 4) is 0 Å². The van der Waals surface area contributed by atoms with Gasteiger partial charge in [-0.25, -0.2) is 4.98 Å². The lowest BCUT2D eigenvalue weighted by molar-refractivity contribution is -0.384. The van der Waals surface area contributed by atoms with Crippen molar-refractivity contribution in [1.29, 1.82) is 0 Å². The summed E-state index contributed by atoms with van der Waals surface area (Å²) in [6.07, 6.45) is 3.41. The summed E-state index contributed by atoms with van der Waals surface area (Å²) in [5, 5.41) is 13.8. The van der Waals surface area contributed by atoms with Crippen LogP contribution in [-0.2, 0) is 6.54 Å². The summed E-state index contributed by atoms with van der Waals surface area (Å²) in [6.45, 7) is 2.34. The third kappa shape index (κ3) is 2.95. The molecule has 3 N–H and O–H groups in total. The molecule has 0 atom stereocenters. The molecule has 98 valence electrons. The van der Waals surface area contributed by atoms with Crippen molar-refractivity contribution >= 4 is 17.3 Å². The normalized spacial score (nSPS) is 10.2. The number of aromatic nitrogens is 2. The Morgan fingerprint density at radius 3 is 2.89 bits per heavy atom. The Kier molecular flexibility index (Phi) is 3.56. The first-order chi connectivity index (χ1) is 9.08. The summed E-state index contributed by atoms with van der Waals surface area (Å²) in [5.74, 6) is 0.403. The number of hydrogen-bond acceptors (Lipinski definition) is 6. The number of pyridine rings is 2. The third-order valence-electron chi connectivity index (χ3n) is 2.67. The smallest absolute Gasteiger partial charge is 0.311 e. The van der Waals surface area contributed by atoms with Gasteiger partial charge in [0.05, 0.1) is 4.92 Å². The third-order valence-corrected chi connectivity index (χ3v) is 2.67. The molecule has 0 aliphatic carbocycles. The summed E-state index contributed by atoms with van der Waals surface area (Å²) in [4.78, 5) is 18.3. The molecule has 0 fully saturated rings. The summed E-state index contributed by atoms with van der Waals surface area (Å²) in [6, 6.07) is 4.59. The van der Waals surface area contributed by atoms with E-state index in [1.165, 1.54) is 12.1 Å². The quantitative estimate of drug-likeness (QED) is 0.641. The number of rotatable bonds is 4. The summed E-state index contributed by atoms with van der Waals surface area (Å²) < 4.78 is 0. The van der Waals surface area contributed by atoms with E-state index in [0.717, 1.165) is 11.1 Å². The summed E-state index contributed by atoms with van der Waals surface area (Å²) >= 11 is 0. The van der Waals surface area contributed by atoms with Crippen LogP contribution in [0, 0.1) is 17.0 Å². The first-order valence-electron chi connectivity index (χ1n) is 5.62. The number of hydrogen-bond donors (Lipinski definition) is 2. The van der Waals surface area contributed by atoms with Crippen LogP contribution in [-0.4, -0.2) is 14.9 Å². The molecule has 0 bridgehead atoms. The summed E-state index contributed by atoms with van der Waals surface area (Å²) in [7, 11) is 0. The van der Waals surface area contributed by atoms with Gasteiger partial charge in [0.1, 0.15) is 5.82 Å². The maximum absolute atomic E-state index is 10.9. The fraction of sp³-hybridized carbons (Fsp3) is 0.167. The van der Waals surface area contributed by atoms with Crippen molar-refractivity contribution in [2.45, 2.75) is 13.5 Å². The number of nitrogens with zero attached hydrogens (tertiary/aromatic N) is 3. The number of nitro groups is 1. The first-order valence-corrected chi connectivity index (χ1v) is 5.62. The Labute approximate surface area is 109 Å². The minimum atomic E-state index is -0.492. The van der Waals surface area contributed by atoms with Gasteiger partial charge in [0.2, 0.25) is 5.82 Å². The number of nitrogens with one attached hydrogen (secondary N) is 1. The second kappa shape index (κ2) is 5.30. The van der Waals surface area contributed by atoms with Gasteiger partial charge in [0.25, 0.3) is 0 Å². The lowest BCUT2D eigenvalue weighted by atomic mass is 10.1. The monoisotopic (exact) mass is 259 g/mol. The van der Waals surface area contributed by atoms with Gasteiger partial charge in [0, 0.05) is 25.0 Å². The zero-order valence-corrected chi connectivity index (χ0v) is 10.3. The molecule has 0 unspecified atom stereocenters. The van der Waals surface area contributed by atoms with Gasteiger partial charge >= 0.3 is 5.69 Å². The highest BCUT2D eigenvalue weighted by Crippen LogP contribution is 2.23. The van der Waals surface area contributed by atoms with E-state index in [1.54, 1.807) is 12.4 Å². The summed E-state index contributed by atoms with van der Waals surface area (Å²) in [5.41, 5.74) is 7.44. The molecule has 0 radical (unpaired) electrons. The van der Waals surface area contributed by atoms with Crippen LogP contribution in [0.2, 0.25) is 0 Å². The van der Waals surface area contributed by atoms with Crippen LogP contribution in [0.3, 0.4) is 0 Å². The Bertz CT molecular complexity index is 615. The molecule has 0 spiro atoms. The van der Waals surface area contributed by atoms with Crippen molar-refractivity contribution in [2.75, 3.05) is 11.1 Å². The maximum atomic E-state index is 10.9. The molecule has 2 aromatic heterocycles. The van der Waals surface area contributed by atoms with Crippen LogP contribution in [0.1, 0.15) is 11.1 Å². The Balaban J connectivity index is 2.22. The van der Waals surface area contributed by atoms with Crippen molar-refractivity contribution in [3.05, 3.63) is 51.8 Å². The fourth-order valence-corrected chi connectivity index (χ4v) is 1.62. The van der Waals surface area contributed by atoms with Gasteiger partial charge in [-0.3, -0.25) is 15.1 Å². The van der Waals surface area contributed by atoms with Gasteiger partial charge in [-0.05, 0) is 30.2 Å². The van der Waals surface area contributed by atoms with Crippen molar-refractivity contribution in [2.24, 2.45) is 0 Å². The van der Waals surface area contributed by atoms with Crippen LogP contribution in [0.25, 0.3) is 0 Å². The van der Waals surface area contributed by atoms with Crippen molar-refractivity contribution in [1.82, 2.24) is 9.97 Å². The van der Waals surface area contributed by atoms with Crippen molar-refractivity contribution < 1.29 is 4.92 Å². The SMILES string of the molecule is Cc1cnccc1CNc1nc(N)ccc1[N+](=O)[O-]. The number of anilines is 2. The van der Waals surface area contributed by atoms with Crippen LogP contribution in [0.15, 0.2) is 30.6 Å². The van der Waals surface area contributed by atoms with E-state index in [-0.39, 0.29) is 17.3 Å². The van der Waals surface area contributed by atoms with Crippen LogP contribution < -0.4 is 11.1 Å². The topological polar surface area (TPSA) is 107 Å². The van der Waals surface area contributed by atoms with E-state index >= 15 is 0 Å². The number of nitrogen functional groups attached to an aromatic ring is 1. The average Bonchev–Trinajstić information content (AvgIpc) is 2.37.